The van der Waals surface area contributed by atoms with Crippen molar-refractivity contribution in [3.8, 4) is 6.07 Å². The zero-order chi connectivity index (χ0) is 14.2. The van der Waals surface area contributed by atoms with Crippen LogP contribution in [0.4, 0.5) is 0 Å². The quantitative estimate of drug-likeness (QED) is 0.442. The standard InChI is InChI=1S/C10H11N3O6/c11-4-10(8(17)7(16)5(3-14)19-10)13-2-1-6(15)12-9(13)18/h1-2,5,7-8,14,16-17H,3H2,(H,12,15,18)/t5-,7?,8?,10-/m1/s1. The largest absolute Gasteiger partial charge is 0.394 e. The van der Waals surface area contributed by atoms with E-state index in [4.69, 9.17) is 9.84 Å². The van der Waals surface area contributed by atoms with Crippen LogP contribution in [0.5, 0.6) is 0 Å². The lowest BCUT2D eigenvalue weighted by atomic mass is 10.0. The van der Waals surface area contributed by atoms with Crippen LogP contribution in [0.15, 0.2) is 21.9 Å². The number of hydrogen-bond acceptors (Lipinski definition) is 7. The molecule has 19 heavy (non-hydrogen) atoms. The van der Waals surface area contributed by atoms with E-state index in [0.717, 1.165) is 12.3 Å². The van der Waals surface area contributed by atoms with E-state index in [2.05, 4.69) is 0 Å². The van der Waals surface area contributed by atoms with Crippen LogP contribution in [0.1, 0.15) is 0 Å². The highest BCUT2D eigenvalue weighted by molar-refractivity contribution is 5.12. The van der Waals surface area contributed by atoms with Gasteiger partial charge in [0.15, 0.2) is 0 Å². The zero-order valence-electron chi connectivity index (χ0n) is 9.55. The topological polar surface area (TPSA) is 149 Å². The maximum atomic E-state index is 11.7. The molecule has 0 amide bonds. The lowest BCUT2D eigenvalue weighted by molar-refractivity contribution is -0.109. The Morgan fingerprint density at radius 3 is 2.68 bits per heavy atom. The molecular formula is C10H11N3O6. The van der Waals surface area contributed by atoms with Gasteiger partial charge in [-0.05, 0) is 0 Å². The van der Waals surface area contributed by atoms with E-state index in [-0.39, 0.29) is 0 Å². The van der Waals surface area contributed by atoms with Crippen LogP contribution in [0.3, 0.4) is 0 Å². The third-order valence-corrected chi connectivity index (χ3v) is 2.96. The first-order chi connectivity index (χ1) is 8.96. The smallest absolute Gasteiger partial charge is 0.331 e. The van der Waals surface area contributed by atoms with Gasteiger partial charge in [0.05, 0.1) is 6.61 Å². The normalized spacial score (nSPS) is 34.1. The number of nitrogens with one attached hydrogen (secondary N) is 1. The minimum Gasteiger partial charge on any atom is -0.394 e. The van der Waals surface area contributed by atoms with E-state index in [1.165, 1.54) is 0 Å². The van der Waals surface area contributed by atoms with Gasteiger partial charge in [0, 0.05) is 12.3 Å². The fourth-order valence-electron chi connectivity index (χ4n) is 1.97. The average Bonchev–Trinajstić information content (AvgIpc) is 2.64. The summed E-state index contributed by atoms with van der Waals surface area (Å²) in [5.41, 5.74) is -3.85. The molecule has 2 rings (SSSR count). The fourth-order valence-corrected chi connectivity index (χ4v) is 1.97. The first kappa shape index (κ1) is 13.4. The second-order valence-electron chi connectivity index (χ2n) is 4.06. The monoisotopic (exact) mass is 269 g/mol. The molecule has 9 nitrogen and oxygen atoms in total. The molecule has 1 fully saturated rings. The zero-order valence-corrected chi connectivity index (χ0v) is 9.55. The summed E-state index contributed by atoms with van der Waals surface area (Å²) in [6.45, 7) is -0.639. The van der Waals surface area contributed by atoms with Gasteiger partial charge in [-0.25, -0.2) is 4.79 Å². The van der Waals surface area contributed by atoms with Gasteiger partial charge in [-0.3, -0.25) is 14.3 Å². The summed E-state index contributed by atoms with van der Waals surface area (Å²) < 4.78 is 5.77. The van der Waals surface area contributed by atoms with Crippen LogP contribution in [-0.4, -0.2) is 49.8 Å². The van der Waals surface area contributed by atoms with E-state index in [9.17, 15) is 25.1 Å². The number of aliphatic hydroxyl groups is 3. The lowest BCUT2D eigenvalue weighted by Gasteiger charge is -2.26. The summed E-state index contributed by atoms with van der Waals surface area (Å²) in [4.78, 5) is 24.5. The Bertz CT molecular complexity index is 631. The fraction of sp³-hybridized carbons (Fsp3) is 0.500. The molecule has 0 spiro atoms. The molecule has 0 bridgehead atoms. The number of ether oxygens (including phenoxy) is 1. The third-order valence-electron chi connectivity index (χ3n) is 2.96. The van der Waals surface area contributed by atoms with Crippen molar-refractivity contribution in [3.05, 3.63) is 33.1 Å². The first-order valence-electron chi connectivity index (χ1n) is 5.35. The predicted molar refractivity (Wildman–Crippen MR) is 58.9 cm³/mol. The Labute approximate surface area is 105 Å². The molecule has 1 saturated heterocycles. The highest BCUT2D eigenvalue weighted by Gasteiger charge is 2.56. The van der Waals surface area contributed by atoms with E-state index >= 15 is 0 Å². The van der Waals surface area contributed by atoms with Crippen molar-refractivity contribution in [2.75, 3.05) is 6.61 Å². The van der Waals surface area contributed by atoms with Crippen LogP contribution < -0.4 is 11.2 Å². The molecule has 1 aliphatic heterocycles. The van der Waals surface area contributed by atoms with Gasteiger partial charge in [-0.15, -0.1) is 0 Å². The second kappa shape index (κ2) is 4.60. The number of H-pyrrole nitrogens is 1. The molecule has 0 saturated carbocycles. The van der Waals surface area contributed by atoms with Crippen LogP contribution in [-0.2, 0) is 10.5 Å². The number of nitrogens with zero attached hydrogens (tertiary/aromatic N) is 2. The minimum atomic E-state index is -2.20. The molecule has 1 aliphatic rings. The minimum absolute atomic E-state index is 0.639. The summed E-state index contributed by atoms with van der Waals surface area (Å²) >= 11 is 0. The molecule has 9 heteroatoms. The number of aliphatic hydroxyl groups excluding tert-OH is 3. The molecule has 4 atom stereocenters. The van der Waals surface area contributed by atoms with Crippen molar-refractivity contribution < 1.29 is 20.1 Å². The number of hydrogen-bond donors (Lipinski definition) is 4. The average molecular weight is 269 g/mol. The van der Waals surface area contributed by atoms with Gasteiger partial charge < -0.3 is 20.1 Å². The Hall–Kier alpha value is -1.99. The van der Waals surface area contributed by atoms with Crippen LogP contribution >= 0.6 is 0 Å². The molecule has 1 aromatic rings. The summed E-state index contributed by atoms with van der Waals surface area (Å²) in [6.07, 6.45) is -3.53. The van der Waals surface area contributed by atoms with Crippen molar-refractivity contribution in [1.82, 2.24) is 9.55 Å². The molecule has 2 heterocycles. The van der Waals surface area contributed by atoms with Crippen LogP contribution in [0.2, 0.25) is 0 Å². The number of aromatic nitrogens is 2. The van der Waals surface area contributed by atoms with Crippen LogP contribution in [0.25, 0.3) is 0 Å². The molecule has 1 aromatic heterocycles. The van der Waals surface area contributed by atoms with Crippen molar-refractivity contribution in [3.63, 3.8) is 0 Å². The Morgan fingerprint density at radius 2 is 2.21 bits per heavy atom. The molecule has 2 unspecified atom stereocenters. The number of nitriles is 1. The Kier molecular flexibility index (Phi) is 3.25. The van der Waals surface area contributed by atoms with Crippen molar-refractivity contribution in [1.29, 1.82) is 5.26 Å². The maximum absolute atomic E-state index is 11.7. The Morgan fingerprint density at radius 1 is 1.53 bits per heavy atom. The van der Waals surface area contributed by atoms with Gasteiger partial charge in [0.1, 0.15) is 24.4 Å². The molecular weight excluding hydrogens is 258 g/mol. The molecule has 4 N–H and O–H groups in total. The van der Waals surface area contributed by atoms with Crippen molar-refractivity contribution in [2.24, 2.45) is 0 Å². The van der Waals surface area contributed by atoms with E-state index in [1.54, 1.807) is 6.07 Å². The van der Waals surface area contributed by atoms with E-state index in [1.807, 2.05) is 4.98 Å². The summed E-state index contributed by atoms with van der Waals surface area (Å²) in [5, 5.41) is 37.7. The molecule has 0 aromatic carbocycles. The molecule has 102 valence electrons. The summed E-state index contributed by atoms with van der Waals surface area (Å²) in [5.74, 6) is 0. The van der Waals surface area contributed by atoms with Gasteiger partial charge in [-0.2, -0.15) is 5.26 Å². The lowest BCUT2D eigenvalue weighted by Crippen LogP contribution is -2.50. The van der Waals surface area contributed by atoms with E-state index in [0.29, 0.717) is 4.57 Å². The van der Waals surface area contributed by atoms with Crippen molar-refractivity contribution >= 4 is 0 Å². The van der Waals surface area contributed by atoms with Gasteiger partial charge >= 0.3 is 5.69 Å². The summed E-state index contributed by atoms with van der Waals surface area (Å²) in [6, 6.07) is 2.56. The molecule has 0 radical (unpaired) electrons. The highest BCUT2D eigenvalue weighted by atomic mass is 16.6. The highest BCUT2D eigenvalue weighted by Crippen LogP contribution is 2.33. The summed E-state index contributed by atoms with van der Waals surface area (Å²) in [7, 11) is 0. The SMILES string of the molecule is N#C[C@@]1(n2ccc(=O)[nH]c2=O)O[C@H](CO)C(O)C1O. The predicted octanol–water partition coefficient (Wildman–Crippen LogP) is -3.17. The van der Waals surface area contributed by atoms with Gasteiger partial charge in [-0.1, -0.05) is 0 Å². The molecule has 0 aliphatic carbocycles. The second-order valence-corrected chi connectivity index (χ2v) is 4.06. The maximum Gasteiger partial charge on any atom is 0.331 e. The number of aromatic amines is 1. The van der Waals surface area contributed by atoms with Gasteiger partial charge in [0.2, 0.25) is 0 Å². The van der Waals surface area contributed by atoms with Gasteiger partial charge in [0.25, 0.3) is 11.3 Å². The first-order valence-corrected chi connectivity index (χ1v) is 5.35. The van der Waals surface area contributed by atoms with Crippen molar-refractivity contribution in [2.45, 2.75) is 24.0 Å². The Balaban J connectivity index is 2.59. The van der Waals surface area contributed by atoms with E-state index < -0.39 is 41.9 Å². The number of rotatable bonds is 2. The van der Waals surface area contributed by atoms with Crippen LogP contribution in [0, 0.1) is 11.3 Å². The third kappa shape index (κ3) is 1.87.